The maximum absolute atomic E-state index is 12.0. The topological polar surface area (TPSA) is 83.3 Å². The highest BCUT2D eigenvalue weighted by molar-refractivity contribution is 5.90. The third-order valence-corrected chi connectivity index (χ3v) is 3.75. The van der Waals surface area contributed by atoms with E-state index >= 15 is 0 Å². The first-order valence-corrected chi connectivity index (χ1v) is 7.58. The lowest BCUT2D eigenvalue weighted by Gasteiger charge is -2.31. The fraction of sp³-hybridized carbons (Fsp3) is 0.786. The van der Waals surface area contributed by atoms with Gasteiger partial charge in [0.2, 0.25) is 11.8 Å². The average molecular weight is 295 g/mol. The van der Waals surface area contributed by atoms with E-state index in [0.29, 0.717) is 12.4 Å². The maximum Gasteiger partial charge on any atom is 0.322 e. The fourth-order valence-electron chi connectivity index (χ4n) is 2.52. The largest absolute Gasteiger partial charge is 0.408 e. The summed E-state index contributed by atoms with van der Waals surface area (Å²) in [6.07, 6.45) is 2.26. The average Bonchev–Trinajstić information content (AvgIpc) is 2.90. The van der Waals surface area contributed by atoms with E-state index < -0.39 is 0 Å². The van der Waals surface area contributed by atoms with Crippen LogP contribution in [0.5, 0.6) is 0 Å². The molecular weight excluding hydrogens is 270 g/mol. The molecule has 7 nitrogen and oxygen atoms in total. The highest BCUT2D eigenvalue weighted by Gasteiger charge is 2.21. The maximum atomic E-state index is 12.0. The number of nitrogens with one attached hydrogen (secondary N) is 2. The summed E-state index contributed by atoms with van der Waals surface area (Å²) in [5.74, 6) is 1.33. The van der Waals surface area contributed by atoms with E-state index in [1.54, 1.807) is 0 Å². The lowest BCUT2D eigenvalue weighted by Crippen LogP contribution is -2.40. The van der Waals surface area contributed by atoms with Gasteiger partial charge in [-0.05, 0) is 45.4 Å². The number of amides is 1. The first-order valence-electron chi connectivity index (χ1n) is 7.58. The smallest absolute Gasteiger partial charge is 0.322 e. The predicted molar refractivity (Wildman–Crippen MR) is 80.1 cm³/mol. The van der Waals surface area contributed by atoms with Gasteiger partial charge in [-0.15, -0.1) is 5.10 Å². The van der Waals surface area contributed by atoms with Crippen LogP contribution in [0.4, 0.5) is 6.01 Å². The van der Waals surface area contributed by atoms with E-state index in [4.69, 9.17) is 4.42 Å². The zero-order valence-corrected chi connectivity index (χ0v) is 13.1. The van der Waals surface area contributed by atoms with Gasteiger partial charge >= 0.3 is 6.01 Å². The lowest BCUT2D eigenvalue weighted by molar-refractivity contribution is -0.117. The molecule has 0 saturated carbocycles. The van der Waals surface area contributed by atoms with Crippen LogP contribution in [0.15, 0.2) is 4.42 Å². The Bertz CT molecular complexity index is 452. The Labute approximate surface area is 125 Å². The van der Waals surface area contributed by atoms with Crippen molar-refractivity contribution in [3.8, 4) is 0 Å². The van der Waals surface area contributed by atoms with Crippen molar-refractivity contribution in [2.45, 2.75) is 32.6 Å². The molecule has 0 radical (unpaired) electrons. The molecule has 118 valence electrons. The van der Waals surface area contributed by atoms with Gasteiger partial charge in [-0.3, -0.25) is 15.0 Å². The SMILES string of the molecule is CNCC1CCN(CC(=O)Nc2nnc(C(C)C)o2)CC1. The molecule has 1 amide bonds. The highest BCUT2D eigenvalue weighted by atomic mass is 16.4. The third-order valence-electron chi connectivity index (χ3n) is 3.75. The second kappa shape index (κ2) is 7.51. The Morgan fingerprint density at radius 3 is 2.67 bits per heavy atom. The van der Waals surface area contributed by atoms with Crippen molar-refractivity contribution < 1.29 is 9.21 Å². The Kier molecular flexibility index (Phi) is 5.69. The van der Waals surface area contributed by atoms with Gasteiger partial charge in [-0.25, -0.2) is 0 Å². The van der Waals surface area contributed by atoms with Gasteiger partial charge < -0.3 is 9.73 Å². The summed E-state index contributed by atoms with van der Waals surface area (Å²) in [6, 6.07) is 0.189. The molecule has 0 spiro atoms. The van der Waals surface area contributed by atoms with Crippen molar-refractivity contribution in [1.29, 1.82) is 0 Å². The number of aromatic nitrogens is 2. The van der Waals surface area contributed by atoms with Crippen LogP contribution in [0, 0.1) is 5.92 Å². The molecule has 0 atom stereocenters. The van der Waals surface area contributed by atoms with Gasteiger partial charge in [0, 0.05) is 5.92 Å². The van der Waals surface area contributed by atoms with Crippen molar-refractivity contribution in [3.05, 3.63) is 5.89 Å². The third kappa shape index (κ3) is 4.78. The molecule has 0 unspecified atom stereocenters. The van der Waals surface area contributed by atoms with Crippen LogP contribution in [-0.4, -0.2) is 54.2 Å². The molecule has 1 aromatic heterocycles. The zero-order chi connectivity index (χ0) is 15.2. The molecule has 1 saturated heterocycles. The van der Waals surface area contributed by atoms with Gasteiger partial charge in [0.15, 0.2) is 0 Å². The zero-order valence-electron chi connectivity index (χ0n) is 13.1. The van der Waals surface area contributed by atoms with Crippen LogP contribution in [0.25, 0.3) is 0 Å². The monoisotopic (exact) mass is 295 g/mol. The molecule has 0 bridgehead atoms. The van der Waals surface area contributed by atoms with Crippen molar-refractivity contribution >= 4 is 11.9 Å². The number of anilines is 1. The van der Waals surface area contributed by atoms with Crippen LogP contribution < -0.4 is 10.6 Å². The standard InChI is InChI=1S/C14H25N5O2/c1-10(2)13-17-18-14(21-13)16-12(20)9-19-6-4-11(5-7-19)8-15-3/h10-11,15H,4-9H2,1-3H3,(H,16,18,20). The summed E-state index contributed by atoms with van der Waals surface area (Å²) in [7, 11) is 1.98. The number of carbonyl (C=O) groups is 1. The molecule has 1 aliphatic rings. The molecule has 2 heterocycles. The van der Waals surface area contributed by atoms with Gasteiger partial charge in [-0.2, -0.15) is 0 Å². The summed E-state index contributed by atoms with van der Waals surface area (Å²) in [4.78, 5) is 14.1. The van der Waals surface area contributed by atoms with Gasteiger partial charge in [0.1, 0.15) is 0 Å². The van der Waals surface area contributed by atoms with Gasteiger partial charge in [0.05, 0.1) is 6.54 Å². The molecule has 1 aromatic rings. The van der Waals surface area contributed by atoms with Crippen LogP contribution in [-0.2, 0) is 4.79 Å². The molecule has 2 rings (SSSR count). The molecule has 2 N–H and O–H groups in total. The van der Waals surface area contributed by atoms with E-state index in [0.717, 1.165) is 38.4 Å². The molecule has 1 aliphatic heterocycles. The minimum absolute atomic E-state index is 0.0963. The number of rotatable bonds is 6. The molecular formula is C14H25N5O2. The summed E-state index contributed by atoms with van der Waals surface area (Å²) in [5, 5.41) is 13.6. The molecule has 0 aliphatic carbocycles. The van der Waals surface area contributed by atoms with E-state index in [1.807, 2.05) is 20.9 Å². The number of piperidine rings is 1. The Morgan fingerprint density at radius 1 is 1.38 bits per heavy atom. The van der Waals surface area contributed by atoms with Crippen LogP contribution >= 0.6 is 0 Å². The number of likely N-dealkylation sites (tertiary alicyclic amines) is 1. The minimum Gasteiger partial charge on any atom is -0.408 e. The number of carbonyl (C=O) groups excluding carboxylic acids is 1. The van der Waals surface area contributed by atoms with Crippen LogP contribution in [0.3, 0.4) is 0 Å². The van der Waals surface area contributed by atoms with E-state index in [2.05, 4.69) is 25.7 Å². The Hall–Kier alpha value is -1.47. The van der Waals surface area contributed by atoms with E-state index in [9.17, 15) is 4.79 Å². The van der Waals surface area contributed by atoms with E-state index in [-0.39, 0.29) is 17.8 Å². The Morgan fingerprint density at radius 2 is 2.10 bits per heavy atom. The number of hydrogen-bond donors (Lipinski definition) is 2. The van der Waals surface area contributed by atoms with E-state index in [1.165, 1.54) is 0 Å². The summed E-state index contributed by atoms with van der Waals surface area (Å²) < 4.78 is 5.37. The molecule has 0 aromatic carbocycles. The normalized spacial score (nSPS) is 17.3. The van der Waals surface area contributed by atoms with Crippen molar-refractivity contribution in [2.24, 2.45) is 5.92 Å². The lowest BCUT2D eigenvalue weighted by atomic mass is 9.97. The fourth-order valence-corrected chi connectivity index (χ4v) is 2.52. The molecule has 1 fully saturated rings. The first-order chi connectivity index (χ1) is 10.1. The van der Waals surface area contributed by atoms with Crippen LogP contribution in [0.1, 0.15) is 38.5 Å². The second-order valence-corrected chi connectivity index (χ2v) is 5.93. The molecule has 21 heavy (non-hydrogen) atoms. The number of hydrogen-bond acceptors (Lipinski definition) is 6. The predicted octanol–water partition coefficient (Wildman–Crippen LogP) is 1.06. The number of nitrogens with zero attached hydrogens (tertiary/aromatic N) is 3. The first kappa shape index (κ1) is 15.9. The quantitative estimate of drug-likeness (QED) is 0.816. The summed E-state index contributed by atoms with van der Waals surface area (Å²) in [5.41, 5.74) is 0. The minimum atomic E-state index is -0.0963. The van der Waals surface area contributed by atoms with Crippen molar-refractivity contribution in [1.82, 2.24) is 20.4 Å². The van der Waals surface area contributed by atoms with Gasteiger partial charge in [-0.1, -0.05) is 18.9 Å². The highest BCUT2D eigenvalue weighted by Crippen LogP contribution is 2.17. The van der Waals surface area contributed by atoms with Crippen molar-refractivity contribution in [3.63, 3.8) is 0 Å². The van der Waals surface area contributed by atoms with Crippen molar-refractivity contribution in [2.75, 3.05) is 38.5 Å². The molecule has 7 heteroatoms. The summed E-state index contributed by atoms with van der Waals surface area (Å²) >= 11 is 0. The van der Waals surface area contributed by atoms with Gasteiger partial charge in [0.25, 0.3) is 0 Å². The Balaban J connectivity index is 1.74. The second-order valence-electron chi connectivity index (χ2n) is 5.93. The van der Waals surface area contributed by atoms with Crippen LogP contribution in [0.2, 0.25) is 0 Å². The summed E-state index contributed by atoms with van der Waals surface area (Å²) in [6.45, 7) is 7.29.